The predicted molar refractivity (Wildman–Crippen MR) is 121 cm³/mol. The first-order valence-corrected chi connectivity index (χ1v) is 10.9. The Labute approximate surface area is 188 Å². The van der Waals surface area contributed by atoms with Crippen LogP contribution in [0.15, 0.2) is 42.6 Å². The van der Waals surface area contributed by atoms with E-state index in [2.05, 4.69) is 15.6 Å². The van der Waals surface area contributed by atoms with Crippen molar-refractivity contribution in [3.63, 3.8) is 0 Å². The molecule has 1 aliphatic heterocycles. The quantitative estimate of drug-likeness (QED) is 0.492. The van der Waals surface area contributed by atoms with Crippen LogP contribution in [-0.2, 0) is 27.3 Å². The number of hydrogen-bond acceptors (Lipinski definition) is 5. The van der Waals surface area contributed by atoms with E-state index in [-0.39, 0.29) is 24.8 Å². The zero-order valence-electron chi connectivity index (χ0n) is 18.3. The number of nitrogens with zero attached hydrogens (tertiary/aromatic N) is 2. The minimum Gasteiger partial charge on any atom is -0.481 e. The molecule has 0 saturated carbocycles. The fraction of sp³-hybridized carbons (Fsp3) is 0.417. The van der Waals surface area contributed by atoms with Gasteiger partial charge in [-0.2, -0.15) is 0 Å². The Morgan fingerprint density at radius 2 is 1.91 bits per heavy atom. The summed E-state index contributed by atoms with van der Waals surface area (Å²) in [5.41, 5.74) is 3.16. The number of rotatable bonds is 10. The third-order valence-corrected chi connectivity index (χ3v) is 5.66. The van der Waals surface area contributed by atoms with Gasteiger partial charge in [0.1, 0.15) is 5.82 Å². The number of aliphatic carboxylic acids is 1. The van der Waals surface area contributed by atoms with Gasteiger partial charge in [0.25, 0.3) is 0 Å². The van der Waals surface area contributed by atoms with E-state index in [9.17, 15) is 19.5 Å². The molecule has 1 atom stereocenters. The third kappa shape index (κ3) is 6.54. The number of pyridine rings is 1. The van der Waals surface area contributed by atoms with Crippen molar-refractivity contribution < 1.29 is 19.5 Å². The van der Waals surface area contributed by atoms with Crippen LogP contribution in [0.25, 0.3) is 0 Å². The third-order valence-electron chi connectivity index (χ3n) is 5.66. The van der Waals surface area contributed by atoms with Crippen molar-refractivity contribution in [2.24, 2.45) is 0 Å². The maximum Gasteiger partial charge on any atom is 0.305 e. The molecule has 0 saturated heterocycles. The van der Waals surface area contributed by atoms with Gasteiger partial charge in [-0.3, -0.25) is 14.4 Å². The maximum absolute atomic E-state index is 12.8. The van der Waals surface area contributed by atoms with Crippen LogP contribution >= 0.6 is 0 Å². The number of anilines is 1. The Kier molecular flexibility index (Phi) is 8.19. The number of carbonyl (C=O) groups excluding carboxylic acids is 2. The summed E-state index contributed by atoms with van der Waals surface area (Å²) in [4.78, 5) is 42.1. The lowest BCUT2D eigenvalue weighted by atomic mass is 9.92. The predicted octanol–water partition coefficient (Wildman–Crippen LogP) is 2.52. The van der Waals surface area contributed by atoms with Gasteiger partial charge in [0.2, 0.25) is 11.8 Å². The molecule has 2 heterocycles. The molecule has 1 aromatic carbocycles. The van der Waals surface area contributed by atoms with E-state index in [1.165, 1.54) is 0 Å². The van der Waals surface area contributed by atoms with Gasteiger partial charge in [0.05, 0.1) is 13.0 Å². The highest BCUT2D eigenvalue weighted by atomic mass is 16.4. The highest BCUT2D eigenvalue weighted by Crippen LogP contribution is 2.25. The van der Waals surface area contributed by atoms with E-state index < -0.39 is 12.0 Å². The van der Waals surface area contributed by atoms with Crippen molar-refractivity contribution >= 4 is 23.6 Å². The molecular weight excluding hydrogens is 408 g/mol. The van der Waals surface area contributed by atoms with Crippen LogP contribution in [-0.4, -0.2) is 51.9 Å². The van der Waals surface area contributed by atoms with Gasteiger partial charge in [0.15, 0.2) is 0 Å². The summed E-state index contributed by atoms with van der Waals surface area (Å²) >= 11 is 0. The maximum atomic E-state index is 12.8. The van der Waals surface area contributed by atoms with Crippen LogP contribution in [0.2, 0.25) is 0 Å². The van der Waals surface area contributed by atoms with Crippen molar-refractivity contribution in [2.45, 2.75) is 51.6 Å². The number of unbranched alkanes of at least 4 members (excludes halogenated alkanes) is 1. The molecule has 1 aromatic heterocycles. The summed E-state index contributed by atoms with van der Waals surface area (Å²) in [7, 11) is 0. The molecule has 3 rings (SSSR count). The summed E-state index contributed by atoms with van der Waals surface area (Å²) in [6.45, 7) is 2.94. The fourth-order valence-corrected chi connectivity index (χ4v) is 3.92. The molecule has 8 nitrogen and oxygen atoms in total. The van der Waals surface area contributed by atoms with Crippen molar-refractivity contribution in [1.29, 1.82) is 0 Å². The van der Waals surface area contributed by atoms with E-state index >= 15 is 0 Å². The van der Waals surface area contributed by atoms with E-state index in [1.54, 1.807) is 11.1 Å². The number of fused-ring (bicyclic) bond motifs is 1. The molecular formula is C24H30N4O4. The minimum atomic E-state index is -0.939. The molecule has 0 radical (unpaired) electrons. The summed E-state index contributed by atoms with van der Waals surface area (Å²) < 4.78 is 0. The highest BCUT2D eigenvalue weighted by molar-refractivity contribution is 5.85. The first kappa shape index (κ1) is 23.2. The van der Waals surface area contributed by atoms with E-state index in [4.69, 9.17) is 0 Å². The van der Waals surface area contributed by atoms with Gasteiger partial charge in [-0.25, -0.2) is 4.98 Å². The number of amides is 2. The van der Waals surface area contributed by atoms with Gasteiger partial charge in [-0.1, -0.05) is 30.3 Å². The number of aromatic nitrogens is 1. The van der Waals surface area contributed by atoms with Gasteiger partial charge >= 0.3 is 5.97 Å². The van der Waals surface area contributed by atoms with Crippen LogP contribution < -0.4 is 10.6 Å². The lowest BCUT2D eigenvalue weighted by Crippen LogP contribution is -2.49. The molecule has 32 heavy (non-hydrogen) atoms. The molecule has 3 N–H and O–H groups in total. The number of aryl methyl sites for hydroxylation is 1. The minimum absolute atomic E-state index is 0.114. The topological polar surface area (TPSA) is 112 Å². The van der Waals surface area contributed by atoms with Crippen LogP contribution in [0.3, 0.4) is 0 Å². The van der Waals surface area contributed by atoms with Crippen molar-refractivity contribution in [2.75, 3.05) is 18.4 Å². The Bertz CT molecular complexity index is 963. The summed E-state index contributed by atoms with van der Waals surface area (Å²) in [6, 6.07) is 11.2. The van der Waals surface area contributed by atoms with Crippen molar-refractivity contribution in [3.8, 4) is 0 Å². The molecule has 1 aliphatic rings. The molecule has 2 aromatic rings. The second-order valence-corrected chi connectivity index (χ2v) is 8.08. The van der Waals surface area contributed by atoms with E-state index in [1.807, 2.05) is 43.3 Å². The normalized spacial score (nSPS) is 15.0. The van der Waals surface area contributed by atoms with Gasteiger partial charge in [-0.05, 0) is 48.9 Å². The van der Waals surface area contributed by atoms with E-state index in [0.29, 0.717) is 32.4 Å². The molecule has 0 fully saturated rings. The van der Waals surface area contributed by atoms with Crippen molar-refractivity contribution in [3.05, 3.63) is 59.3 Å². The first-order valence-electron chi connectivity index (χ1n) is 10.9. The Hall–Kier alpha value is -3.42. The first-order chi connectivity index (χ1) is 15.4. The van der Waals surface area contributed by atoms with Gasteiger partial charge in [0, 0.05) is 31.7 Å². The molecule has 1 unspecified atom stereocenters. The monoisotopic (exact) mass is 438 g/mol. The zero-order chi connectivity index (χ0) is 22.9. The van der Waals surface area contributed by atoms with Crippen LogP contribution in [0.1, 0.15) is 42.4 Å². The standard InChI is InChI=1S/C24H30N4O4/c1-17-7-6-12-26-24(17)25-11-5-4-10-21(29)27-15-22(30)28-16-19-9-3-2-8-18(19)13-20(28)14-23(31)32/h2-3,6-9,12,20H,4-5,10-11,13-16H2,1H3,(H,25,26)(H,27,29)(H,31,32). The Morgan fingerprint density at radius 3 is 2.66 bits per heavy atom. The number of benzene rings is 1. The molecule has 2 amide bonds. The number of hydrogen-bond donors (Lipinski definition) is 3. The molecule has 8 heteroatoms. The number of carboxylic acids is 1. The Morgan fingerprint density at radius 1 is 1.12 bits per heavy atom. The van der Waals surface area contributed by atoms with Crippen LogP contribution in [0, 0.1) is 6.92 Å². The number of nitrogens with one attached hydrogen (secondary N) is 2. The second-order valence-electron chi connectivity index (χ2n) is 8.08. The highest BCUT2D eigenvalue weighted by Gasteiger charge is 2.31. The average molecular weight is 439 g/mol. The van der Waals surface area contributed by atoms with Gasteiger partial charge in [-0.15, -0.1) is 0 Å². The molecule has 170 valence electrons. The SMILES string of the molecule is Cc1cccnc1NCCCCC(=O)NCC(=O)N1Cc2ccccc2CC1CC(=O)O. The van der Waals surface area contributed by atoms with Crippen molar-refractivity contribution in [1.82, 2.24) is 15.2 Å². The Balaban J connectivity index is 1.42. The van der Waals surface area contributed by atoms with Gasteiger partial charge < -0.3 is 20.6 Å². The molecule has 0 aliphatic carbocycles. The second kappa shape index (κ2) is 11.3. The molecule has 0 spiro atoms. The summed E-state index contributed by atoms with van der Waals surface area (Å²) in [6.07, 6.45) is 3.96. The lowest BCUT2D eigenvalue weighted by Gasteiger charge is -2.36. The summed E-state index contributed by atoms with van der Waals surface area (Å²) in [5, 5.41) is 15.2. The fourth-order valence-electron chi connectivity index (χ4n) is 3.92. The average Bonchev–Trinajstić information content (AvgIpc) is 2.77. The van der Waals surface area contributed by atoms with Crippen LogP contribution in [0.5, 0.6) is 0 Å². The lowest BCUT2D eigenvalue weighted by molar-refractivity contribution is -0.142. The number of carbonyl (C=O) groups is 3. The molecule has 0 bridgehead atoms. The zero-order valence-corrected chi connectivity index (χ0v) is 18.3. The number of carboxylic acid groups (broad SMARTS) is 1. The summed E-state index contributed by atoms with van der Waals surface area (Å²) in [5.74, 6) is -0.529. The van der Waals surface area contributed by atoms with E-state index in [0.717, 1.165) is 28.9 Å². The smallest absolute Gasteiger partial charge is 0.305 e. The largest absolute Gasteiger partial charge is 0.481 e. The van der Waals surface area contributed by atoms with Crippen LogP contribution in [0.4, 0.5) is 5.82 Å².